The van der Waals surface area contributed by atoms with E-state index in [1.807, 2.05) is 24.3 Å². The average molecular weight is 476 g/mol. The molecule has 2 aliphatic rings. The van der Waals surface area contributed by atoms with Crippen molar-refractivity contribution in [3.05, 3.63) is 89.2 Å². The van der Waals surface area contributed by atoms with Crippen molar-refractivity contribution in [1.82, 2.24) is 9.80 Å². The molecule has 1 fully saturated rings. The molecule has 2 aliphatic heterocycles. The van der Waals surface area contributed by atoms with E-state index in [1.165, 1.54) is 28.8 Å². The number of rotatable bonds is 7. The molecule has 1 atom stereocenters. The predicted molar refractivity (Wildman–Crippen MR) is 138 cm³/mol. The van der Waals surface area contributed by atoms with Crippen molar-refractivity contribution in [2.24, 2.45) is 0 Å². The minimum absolute atomic E-state index is 0.105. The van der Waals surface area contributed by atoms with Crippen LogP contribution in [0.25, 0.3) is 0 Å². The van der Waals surface area contributed by atoms with Gasteiger partial charge >= 0.3 is 0 Å². The van der Waals surface area contributed by atoms with Crippen molar-refractivity contribution >= 4 is 5.69 Å². The Balaban J connectivity index is 1.27. The number of likely N-dealkylation sites (N-methyl/N-ethyl adjacent to an activating group) is 1. The minimum atomic E-state index is -0.226. The van der Waals surface area contributed by atoms with Crippen LogP contribution in [0.3, 0.4) is 0 Å². The van der Waals surface area contributed by atoms with Gasteiger partial charge < -0.3 is 19.6 Å². The molecular formula is C29H34FN3O2. The fourth-order valence-corrected chi connectivity index (χ4v) is 5.17. The van der Waals surface area contributed by atoms with Gasteiger partial charge in [-0.25, -0.2) is 4.39 Å². The number of hydrogen-bond donors (Lipinski definition) is 1. The molecule has 0 aromatic heterocycles. The number of piperazine rings is 1. The molecule has 3 aromatic carbocycles. The minimum Gasteiger partial charge on any atom is -0.508 e. The monoisotopic (exact) mass is 475 g/mol. The molecule has 0 spiro atoms. The van der Waals surface area contributed by atoms with Gasteiger partial charge in [0.25, 0.3) is 0 Å². The van der Waals surface area contributed by atoms with Gasteiger partial charge in [-0.2, -0.15) is 0 Å². The summed E-state index contributed by atoms with van der Waals surface area (Å²) in [5, 5.41) is 10.00. The van der Waals surface area contributed by atoms with Crippen LogP contribution in [0.4, 0.5) is 10.1 Å². The second-order valence-corrected chi connectivity index (χ2v) is 9.66. The maximum atomic E-state index is 13.6. The number of hydrogen-bond acceptors (Lipinski definition) is 5. The van der Waals surface area contributed by atoms with Crippen molar-refractivity contribution in [2.75, 3.05) is 57.8 Å². The maximum absolute atomic E-state index is 13.6. The molecule has 5 nitrogen and oxygen atoms in total. The summed E-state index contributed by atoms with van der Waals surface area (Å²) in [6.07, 6.45) is 1.66. The van der Waals surface area contributed by atoms with Gasteiger partial charge in [0.2, 0.25) is 0 Å². The number of anilines is 1. The summed E-state index contributed by atoms with van der Waals surface area (Å²) in [6, 6.07) is 20.9. The lowest BCUT2D eigenvalue weighted by molar-refractivity contribution is 0.133. The molecule has 184 valence electrons. The van der Waals surface area contributed by atoms with E-state index in [0.717, 1.165) is 63.5 Å². The lowest BCUT2D eigenvalue weighted by atomic mass is 9.88. The van der Waals surface area contributed by atoms with Crippen LogP contribution in [-0.4, -0.2) is 67.8 Å². The van der Waals surface area contributed by atoms with Crippen LogP contribution in [0.15, 0.2) is 66.7 Å². The number of halogens is 1. The SMILES string of the molecule is CN1CCN(CCOc2ccc(CC3c4ccc(O)cc4CCN3c3ccc(F)cc3)cc2)CC1. The lowest BCUT2D eigenvalue weighted by Gasteiger charge is -2.39. The third kappa shape index (κ3) is 5.77. The Kier molecular flexibility index (Phi) is 7.21. The molecule has 0 radical (unpaired) electrons. The van der Waals surface area contributed by atoms with Gasteiger partial charge in [-0.15, -0.1) is 0 Å². The quantitative estimate of drug-likeness (QED) is 0.545. The Hall–Kier alpha value is -3.09. The summed E-state index contributed by atoms with van der Waals surface area (Å²) in [5.74, 6) is 0.971. The van der Waals surface area contributed by atoms with E-state index in [2.05, 4.69) is 46.0 Å². The molecule has 3 aromatic rings. The van der Waals surface area contributed by atoms with Crippen molar-refractivity contribution in [2.45, 2.75) is 18.9 Å². The Bertz CT molecular complexity index is 1110. The van der Waals surface area contributed by atoms with E-state index in [4.69, 9.17) is 4.74 Å². The molecule has 0 bridgehead atoms. The fourth-order valence-electron chi connectivity index (χ4n) is 5.17. The van der Waals surface area contributed by atoms with Gasteiger partial charge in [0.15, 0.2) is 0 Å². The van der Waals surface area contributed by atoms with Crippen LogP contribution < -0.4 is 9.64 Å². The zero-order chi connectivity index (χ0) is 24.2. The van der Waals surface area contributed by atoms with Gasteiger partial charge in [0.1, 0.15) is 23.9 Å². The Labute approximate surface area is 207 Å². The number of ether oxygens (including phenoxy) is 1. The second-order valence-electron chi connectivity index (χ2n) is 9.66. The molecule has 0 saturated carbocycles. The smallest absolute Gasteiger partial charge is 0.123 e. The number of aromatic hydroxyl groups is 1. The Morgan fingerprint density at radius 1 is 0.914 bits per heavy atom. The van der Waals surface area contributed by atoms with Crippen LogP contribution in [0.5, 0.6) is 11.5 Å². The number of phenolic OH excluding ortho intramolecular Hbond substituents is 1. The average Bonchev–Trinajstić information content (AvgIpc) is 2.87. The Morgan fingerprint density at radius 3 is 2.40 bits per heavy atom. The summed E-state index contributed by atoms with van der Waals surface area (Å²) in [7, 11) is 2.17. The zero-order valence-corrected chi connectivity index (χ0v) is 20.4. The first-order valence-electron chi connectivity index (χ1n) is 12.5. The third-order valence-corrected chi connectivity index (χ3v) is 7.27. The van der Waals surface area contributed by atoms with Gasteiger partial charge in [-0.05, 0) is 85.1 Å². The number of nitrogens with zero attached hydrogens (tertiary/aromatic N) is 3. The highest BCUT2D eigenvalue weighted by molar-refractivity contribution is 5.53. The summed E-state index contributed by atoms with van der Waals surface area (Å²) in [5.41, 5.74) is 4.62. The summed E-state index contributed by atoms with van der Waals surface area (Å²) < 4.78 is 19.6. The van der Waals surface area contributed by atoms with Crippen LogP contribution in [0, 0.1) is 5.82 Å². The predicted octanol–water partition coefficient (Wildman–Crippen LogP) is 4.50. The van der Waals surface area contributed by atoms with Crippen molar-refractivity contribution < 1.29 is 14.2 Å². The highest BCUT2D eigenvalue weighted by Gasteiger charge is 2.28. The molecule has 5 rings (SSSR count). The van der Waals surface area contributed by atoms with E-state index in [1.54, 1.807) is 6.07 Å². The summed E-state index contributed by atoms with van der Waals surface area (Å²) in [6.45, 7) is 6.91. The van der Waals surface area contributed by atoms with E-state index >= 15 is 0 Å². The van der Waals surface area contributed by atoms with Crippen molar-refractivity contribution in [3.8, 4) is 11.5 Å². The molecule has 1 unspecified atom stereocenters. The first-order chi connectivity index (χ1) is 17.0. The van der Waals surface area contributed by atoms with Gasteiger partial charge in [-0.3, -0.25) is 4.90 Å². The first kappa shape index (κ1) is 23.6. The highest BCUT2D eigenvalue weighted by Crippen LogP contribution is 2.37. The molecule has 35 heavy (non-hydrogen) atoms. The van der Waals surface area contributed by atoms with Gasteiger partial charge in [0.05, 0.1) is 6.04 Å². The first-order valence-corrected chi connectivity index (χ1v) is 12.5. The lowest BCUT2D eigenvalue weighted by Crippen LogP contribution is -2.45. The number of fused-ring (bicyclic) bond motifs is 1. The standard InChI is InChI=1S/C29H34FN3O2/c1-31-14-16-32(17-15-31)18-19-35-27-9-2-22(3-10-27)20-29-28-11-8-26(34)21-23(28)12-13-33(29)25-6-4-24(30)5-7-25/h2-11,21,29,34H,12-20H2,1H3. The largest absolute Gasteiger partial charge is 0.508 e. The van der Waals surface area contributed by atoms with E-state index in [-0.39, 0.29) is 11.9 Å². The third-order valence-electron chi connectivity index (χ3n) is 7.27. The molecular weight excluding hydrogens is 441 g/mol. The number of phenols is 1. The van der Waals surface area contributed by atoms with E-state index in [9.17, 15) is 9.50 Å². The topological polar surface area (TPSA) is 39.2 Å². The fraction of sp³-hybridized carbons (Fsp3) is 0.379. The van der Waals surface area contributed by atoms with E-state index in [0.29, 0.717) is 12.4 Å². The molecule has 6 heteroatoms. The number of benzene rings is 3. The normalized spacial score (nSPS) is 18.9. The van der Waals surface area contributed by atoms with Crippen LogP contribution in [-0.2, 0) is 12.8 Å². The molecule has 2 heterocycles. The summed E-state index contributed by atoms with van der Waals surface area (Å²) >= 11 is 0. The molecule has 1 N–H and O–H groups in total. The van der Waals surface area contributed by atoms with Crippen molar-refractivity contribution in [1.29, 1.82) is 0 Å². The molecule has 1 saturated heterocycles. The maximum Gasteiger partial charge on any atom is 0.123 e. The Morgan fingerprint density at radius 2 is 1.66 bits per heavy atom. The second kappa shape index (κ2) is 10.7. The molecule has 0 aliphatic carbocycles. The van der Waals surface area contributed by atoms with Crippen molar-refractivity contribution in [3.63, 3.8) is 0 Å². The zero-order valence-electron chi connectivity index (χ0n) is 20.4. The molecule has 0 amide bonds. The van der Waals surface area contributed by atoms with Crippen LogP contribution >= 0.6 is 0 Å². The highest BCUT2D eigenvalue weighted by atomic mass is 19.1. The van der Waals surface area contributed by atoms with E-state index < -0.39 is 0 Å². The summed E-state index contributed by atoms with van der Waals surface area (Å²) in [4.78, 5) is 7.16. The van der Waals surface area contributed by atoms with Gasteiger partial charge in [-0.1, -0.05) is 18.2 Å². The van der Waals surface area contributed by atoms with Gasteiger partial charge in [0, 0.05) is 45.0 Å². The van der Waals surface area contributed by atoms with Crippen LogP contribution in [0.2, 0.25) is 0 Å². The van der Waals surface area contributed by atoms with Crippen LogP contribution in [0.1, 0.15) is 22.7 Å².